The third-order valence-corrected chi connectivity index (χ3v) is 9.24. The van der Waals surface area contributed by atoms with Crippen LogP contribution in [0.5, 0.6) is 17.2 Å². The summed E-state index contributed by atoms with van der Waals surface area (Å²) in [4.78, 5) is 41.6. The minimum atomic E-state index is -0.554. The molecule has 0 aliphatic heterocycles. The first-order valence-electron chi connectivity index (χ1n) is 15.8. The zero-order valence-corrected chi connectivity index (χ0v) is 28.7. The number of thioether (sulfide) groups is 1. The smallest absolute Gasteiger partial charge is 0.272 e. The Balaban J connectivity index is 1.23. The molecule has 6 aromatic rings. The first-order chi connectivity index (χ1) is 24.3. The molecule has 1 unspecified atom stereocenters. The number of hydrogen-bond donors (Lipinski definition) is 2. The maximum absolute atomic E-state index is 13.8. The average Bonchev–Trinajstić information content (AvgIpc) is 3.49. The summed E-state index contributed by atoms with van der Waals surface area (Å²) in [6, 6.07) is 34.9. The van der Waals surface area contributed by atoms with E-state index in [0.717, 1.165) is 26.7 Å². The summed E-state index contributed by atoms with van der Waals surface area (Å²) in [6.07, 6.45) is 1.52. The van der Waals surface area contributed by atoms with Gasteiger partial charge < -0.3 is 24.8 Å². The fourth-order valence-electron chi connectivity index (χ4n) is 5.68. The highest BCUT2D eigenvalue weighted by molar-refractivity contribution is 8.00. The molecular weight excluding hydrogens is 651 g/mol. The van der Waals surface area contributed by atoms with Crippen molar-refractivity contribution in [1.29, 1.82) is 0 Å². The maximum atomic E-state index is 13.8. The summed E-state index contributed by atoms with van der Waals surface area (Å²) < 4.78 is 18.2. The lowest BCUT2D eigenvalue weighted by atomic mass is 10.1. The third kappa shape index (κ3) is 7.06. The summed E-state index contributed by atoms with van der Waals surface area (Å²) >= 11 is 1.43. The highest BCUT2D eigenvalue weighted by Gasteiger charge is 2.22. The van der Waals surface area contributed by atoms with Crippen LogP contribution in [0, 0.1) is 0 Å². The molecule has 0 fully saturated rings. The Kier molecular flexibility index (Phi) is 10.2. The Morgan fingerprint density at radius 1 is 0.700 bits per heavy atom. The number of fused-ring (bicyclic) bond motifs is 3. The van der Waals surface area contributed by atoms with E-state index in [9.17, 15) is 14.4 Å². The second-order valence-electron chi connectivity index (χ2n) is 11.3. The van der Waals surface area contributed by atoms with E-state index in [2.05, 4.69) is 10.6 Å². The first-order valence-corrected chi connectivity index (χ1v) is 16.7. The second-order valence-corrected chi connectivity index (χ2v) is 12.7. The molecule has 10 heteroatoms. The van der Waals surface area contributed by atoms with Crippen LogP contribution in [0.3, 0.4) is 0 Å². The van der Waals surface area contributed by atoms with Crippen LogP contribution in [0.1, 0.15) is 27.6 Å². The van der Waals surface area contributed by atoms with Gasteiger partial charge in [0.05, 0.1) is 37.6 Å². The van der Waals surface area contributed by atoms with Gasteiger partial charge in [0.2, 0.25) is 5.91 Å². The summed E-state index contributed by atoms with van der Waals surface area (Å²) in [5.74, 6) is 0.242. The van der Waals surface area contributed by atoms with Crippen LogP contribution in [0.15, 0.2) is 126 Å². The topological polar surface area (TPSA) is 108 Å². The molecular formula is C40H35N3O6S. The van der Waals surface area contributed by atoms with Gasteiger partial charge in [0.25, 0.3) is 11.8 Å². The molecule has 0 saturated carbocycles. The molecule has 0 radical (unpaired) electrons. The minimum absolute atomic E-state index is 0.0202. The van der Waals surface area contributed by atoms with E-state index in [1.165, 1.54) is 39.2 Å². The minimum Gasteiger partial charge on any atom is -0.496 e. The van der Waals surface area contributed by atoms with Gasteiger partial charge in [-0.25, -0.2) is 0 Å². The molecule has 9 nitrogen and oxygen atoms in total. The number of hydrogen-bond acceptors (Lipinski definition) is 7. The number of ether oxygens (including phenoxy) is 3. The first kappa shape index (κ1) is 33.9. The molecule has 2 N–H and O–H groups in total. The quantitative estimate of drug-likeness (QED) is 0.105. The van der Waals surface area contributed by atoms with Crippen LogP contribution >= 0.6 is 11.8 Å². The number of aromatic nitrogens is 1. The Morgan fingerprint density at radius 3 is 1.86 bits per heavy atom. The Labute approximate surface area is 293 Å². The molecule has 0 saturated heterocycles. The van der Waals surface area contributed by atoms with E-state index in [1.807, 2.05) is 67.6 Å². The molecule has 2 amide bonds. The number of anilines is 1. The van der Waals surface area contributed by atoms with Gasteiger partial charge in [-0.05, 0) is 67.6 Å². The lowest BCUT2D eigenvalue weighted by Crippen LogP contribution is -2.30. The molecule has 0 aliphatic carbocycles. The van der Waals surface area contributed by atoms with Gasteiger partial charge in [0.15, 0.2) is 11.5 Å². The highest BCUT2D eigenvalue weighted by atomic mass is 32.2. The van der Waals surface area contributed by atoms with Crippen molar-refractivity contribution in [2.75, 3.05) is 26.6 Å². The molecule has 0 spiro atoms. The van der Waals surface area contributed by atoms with Gasteiger partial charge in [-0.1, -0.05) is 54.6 Å². The summed E-state index contributed by atoms with van der Waals surface area (Å²) in [5.41, 5.74) is 3.10. The monoisotopic (exact) mass is 685 g/mol. The van der Waals surface area contributed by atoms with Crippen molar-refractivity contribution in [2.24, 2.45) is 0 Å². The number of amides is 2. The van der Waals surface area contributed by atoms with Crippen LogP contribution in [0.2, 0.25) is 0 Å². The molecule has 0 aliphatic rings. The van der Waals surface area contributed by atoms with Crippen molar-refractivity contribution >= 4 is 63.1 Å². The van der Waals surface area contributed by atoms with Crippen molar-refractivity contribution in [3.8, 4) is 17.2 Å². The van der Waals surface area contributed by atoms with E-state index in [4.69, 9.17) is 14.2 Å². The molecule has 1 heterocycles. The van der Waals surface area contributed by atoms with Crippen LogP contribution in [-0.4, -0.2) is 48.9 Å². The fraction of sp³-hybridized carbons (Fsp3) is 0.125. The van der Waals surface area contributed by atoms with Crippen LogP contribution in [-0.2, 0) is 4.79 Å². The largest absolute Gasteiger partial charge is 0.496 e. The number of para-hydroxylation sites is 2. The number of methoxy groups -OCH3 is 3. The van der Waals surface area contributed by atoms with Crippen molar-refractivity contribution in [3.63, 3.8) is 0 Å². The van der Waals surface area contributed by atoms with Gasteiger partial charge in [0.1, 0.15) is 11.4 Å². The summed E-state index contributed by atoms with van der Waals surface area (Å²) in [5, 5.41) is 7.29. The predicted octanol–water partition coefficient (Wildman–Crippen LogP) is 8.05. The SMILES string of the molecule is COc1cc(OC)c(OC)cc1/C=C(\NC(=O)c1ccccc1)C(=O)Nc1ccc(SC(C)C(=O)n2c3ccccc3c3ccccc32)cc1. The zero-order chi connectivity index (χ0) is 35.2. The van der Waals surface area contributed by atoms with Gasteiger partial charge in [0, 0.05) is 38.5 Å². The average molecular weight is 686 g/mol. The summed E-state index contributed by atoms with van der Waals surface area (Å²) in [6.45, 7) is 1.89. The van der Waals surface area contributed by atoms with E-state index in [1.54, 1.807) is 59.2 Å². The van der Waals surface area contributed by atoms with E-state index < -0.39 is 17.1 Å². The third-order valence-electron chi connectivity index (χ3n) is 8.14. The van der Waals surface area contributed by atoms with Gasteiger partial charge in [-0.15, -0.1) is 11.8 Å². The second kappa shape index (κ2) is 15.0. The Hall–Kier alpha value is -6.00. The molecule has 1 aromatic heterocycles. The summed E-state index contributed by atoms with van der Waals surface area (Å²) in [7, 11) is 4.52. The van der Waals surface area contributed by atoms with E-state index in [-0.39, 0.29) is 11.6 Å². The molecule has 6 rings (SSSR count). The van der Waals surface area contributed by atoms with Gasteiger partial charge in [-0.3, -0.25) is 19.0 Å². The normalized spacial score (nSPS) is 12.0. The zero-order valence-electron chi connectivity index (χ0n) is 27.9. The van der Waals surface area contributed by atoms with Crippen LogP contribution in [0.25, 0.3) is 27.9 Å². The number of rotatable bonds is 11. The lowest BCUT2D eigenvalue weighted by molar-refractivity contribution is -0.113. The molecule has 1 atom stereocenters. The van der Waals surface area contributed by atoms with Crippen LogP contribution in [0.4, 0.5) is 5.69 Å². The Bertz CT molecular complexity index is 2170. The molecule has 252 valence electrons. The Morgan fingerprint density at radius 2 is 1.26 bits per heavy atom. The number of benzene rings is 5. The maximum Gasteiger partial charge on any atom is 0.272 e. The van der Waals surface area contributed by atoms with Crippen molar-refractivity contribution in [1.82, 2.24) is 9.88 Å². The molecule has 50 heavy (non-hydrogen) atoms. The number of nitrogens with zero attached hydrogens (tertiary/aromatic N) is 1. The standard InChI is InChI=1S/C40H35N3O6S/c1-25(40(46)43-33-16-10-8-14-30(33)31-15-9-11-17-34(31)43)50-29-20-18-28(19-21-29)41-39(45)32(42-38(44)26-12-6-5-7-13-26)22-27-23-36(48-3)37(49-4)24-35(27)47-2/h5-25H,1-4H3,(H,41,45)(H,42,44)/b32-22-. The van der Waals surface area contributed by atoms with Crippen molar-refractivity contribution in [3.05, 3.63) is 132 Å². The fourth-order valence-corrected chi connectivity index (χ4v) is 6.58. The van der Waals surface area contributed by atoms with Gasteiger partial charge in [-0.2, -0.15) is 0 Å². The van der Waals surface area contributed by atoms with E-state index in [0.29, 0.717) is 34.1 Å². The lowest BCUT2D eigenvalue weighted by Gasteiger charge is -2.15. The van der Waals surface area contributed by atoms with E-state index >= 15 is 0 Å². The number of carbonyl (C=O) groups excluding carboxylic acids is 3. The van der Waals surface area contributed by atoms with Crippen LogP contribution < -0.4 is 24.8 Å². The number of nitrogens with one attached hydrogen (secondary N) is 2. The van der Waals surface area contributed by atoms with Crippen molar-refractivity contribution in [2.45, 2.75) is 17.1 Å². The molecule has 5 aromatic carbocycles. The van der Waals surface area contributed by atoms with Gasteiger partial charge >= 0.3 is 0 Å². The number of carbonyl (C=O) groups is 3. The predicted molar refractivity (Wildman–Crippen MR) is 198 cm³/mol. The van der Waals surface area contributed by atoms with Crippen molar-refractivity contribution < 1.29 is 28.6 Å². The highest BCUT2D eigenvalue weighted by Crippen LogP contribution is 2.36. The molecule has 0 bridgehead atoms.